The molecule has 0 bridgehead atoms. The van der Waals surface area contributed by atoms with Gasteiger partial charge in [-0.05, 0) is 36.9 Å². The molecule has 2 amide bonds. The molecule has 0 saturated carbocycles. The summed E-state index contributed by atoms with van der Waals surface area (Å²) in [4.78, 5) is 25.9. The summed E-state index contributed by atoms with van der Waals surface area (Å²) in [5.41, 5.74) is 7.01. The first-order chi connectivity index (χ1) is 12.4. The molecular weight excluding hydrogens is 398 g/mol. The summed E-state index contributed by atoms with van der Waals surface area (Å²) in [6.45, 7) is 0.385. The Hall–Kier alpha value is -2.38. The normalized spacial score (nSPS) is 11.8. The number of amides is 2. The number of ether oxygens (including phenoxy) is 1. The molecule has 138 valence electrons. The second kappa shape index (κ2) is 9.35. The van der Waals surface area contributed by atoms with Crippen molar-refractivity contribution in [3.05, 3.63) is 58.6 Å². The number of nitrogens with zero attached hydrogens (tertiary/aromatic N) is 1. The van der Waals surface area contributed by atoms with Gasteiger partial charge in [0.1, 0.15) is 11.8 Å². The zero-order valence-electron chi connectivity index (χ0n) is 14.7. The molecule has 0 aromatic heterocycles. The number of halogens is 1. The Morgan fingerprint density at radius 3 is 2.62 bits per heavy atom. The average molecular weight is 420 g/mol. The molecule has 2 aromatic carbocycles. The Bertz CT molecular complexity index is 782. The molecule has 3 N–H and O–H groups in total. The maximum absolute atomic E-state index is 12.2. The van der Waals surface area contributed by atoms with Crippen LogP contribution < -0.4 is 15.8 Å². The van der Waals surface area contributed by atoms with Crippen molar-refractivity contribution < 1.29 is 14.3 Å². The van der Waals surface area contributed by atoms with Crippen molar-refractivity contribution in [1.82, 2.24) is 4.90 Å². The summed E-state index contributed by atoms with van der Waals surface area (Å²) in [5, 5.41) is 2.82. The quantitative estimate of drug-likeness (QED) is 0.688. The van der Waals surface area contributed by atoms with E-state index in [0.717, 1.165) is 10.0 Å². The van der Waals surface area contributed by atoms with Crippen LogP contribution in [0, 0.1) is 0 Å². The topological polar surface area (TPSA) is 84.7 Å². The van der Waals surface area contributed by atoms with Crippen molar-refractivity contribution in [1.29, 1.82) is 0 Å². The third-order valence-electron chi connectivity index (χ3n) is 3.92. The summed E-state index contributed by atoms with van der Waals surface area (Å²) >= 11 is 3.39. The van der Waals surface area contributed by atoms with Crippen LogP contribution in [0.3, 0.4) is 0 Å². The van der Waals surface area contributed by atoms with Gasteiger partial charge < -0.3 is 15.8 Å². The fraction of sp³-hybridized carbons (Fsp3) is 0.263. The minimum atomic E-state index is -0.600. The summed E-state index contributed by atoms with van der Waals surface area (Å²) < 4.78 is 6.00. The van der Waals surface area contributed by atoms with E-state index in [4.69, 9.17) is 10.5 Å². The average Bonchev–Trinajstić information content (AvgIpc) is 2.60. The van der Waals surface area contributed by atoms with E-state index >= 15 is 0 Å². The van der Waals surface area contributed by atoms with Crippen LogP contribution in [-0.4, -0.2) is 37.4 Å². The molecule has 26 heavy (non-hydrogen) atoms. The number of hydrogen-bond acceptors (Lipinski definition) is 4. The number of likely N-dealkylation sites (N-methyl/N-ethyl adjacent to an activating group) is 1. The minimum Gasteiger partial charge on any atom is -0.497 e. The maximum atomic E-state index is 12.2. The number of methoxy groups -OCH3 is 1. The Morgan fingerprint density at radius 2 is 1.96 bits per heavy atom. The first-order valence-electron chi connectivity index (χ1n) is 8.09. The molecular formula is C19H22BrN3O3. The fourth-order valence-electron chi connectivity index (χ4n) is 2.64. The lowest BCUT2D eigenvalue weighted by Crippen LogP contribution is -2.37. The highest BCUT2D eigenvalue weighted by atomic mass is 79.9. The van der Waals surface area contributed by atoms with E-state index in [1.165, 1.54) is 0 Å². The maximum Gasteiger partial charge on any atom is 0.239 e. The van der Waals surface area contributed by atoms with E-state index in [1.807, 2.05) is 24.3 Å². The van der Waals surface area contributed by atoms with E-state index in [0.29, 0.717) is 18.0 Å². The van der Waals surface area contributed by atoms with Crippen molar-refractivity contribution in [2.45, 2.75) is 12.5 Å². The molecule has 0 saturated heterocycles. The van der Waals surface area contributed by atoms with Crippen LogP contribution in [0.4, 0.5) is 5.69 Å². The highest BCUT2D eigenvalue weighted by Gasteiger charge is 2.23. The molecule has 0 radical (unpaired) electrons. The summed E-state index contributed by atoms with van der Waals surface area (Å²) in [6.07, 6.45) is 0.228. The van der Waals surface area contributed by atoms with Crippen molar-refractivity contribution >= 4 is 33.4 Å². The zero-order valence-corrected chi connectivity index (χ0v) is 16.3. The highest BCUT2D eigenvalue weighted by Crippen LogP contribution is 2.23. The van der Waals surface area contributed by atoms with Gasteiger partial charge in [0.05, 0.1) is 7.11 Å². The number of nitrogens with two attached hydrogens (primary N) is 1. The van der Waals surface area contributed by atoms with E-state index in [-0.39, 0.29) is 12.3 Å². The Kier molecular flexibility index (Phi) is 7.17. The largest absolute Gasteiger partial charge is 0.497 e. The van der Waals surface area contributed by atoms with Gasteiger partial charge in [-0.2, -0.15) is 0 Å². The second-order valence-corrected chi connectivity index (χ2v) is 6.79. The first-order valence-corrected chi connectivity index (χ1v) is 8.89. The van der Waals surface area contributed by atoms with Crippen LogP contribution in [0.2, 0.25) is 0 Å². The van der Waals surface area contributed by atoms with Gasteiger partial charge in [-0.3, -0.25) is 14.5 Å². The van der Waals surface area contributed by atoms with Crippen LogP contribution in [0.1, 0.15) is 18.0 Å². The van der Waals surface area contributed by atoms with E-state index in [2.05, 4.69) is 21.2 Å². The van der Waals surface area contributed by atoms with Crippen LogP contribution in [0.15, 0.2) is 53.0 Å². The number of nitrogens with one attached hydrogen (secondary N) is 1. The van der Waals surface area contributed by atoms with E-state index in [1.54, 1.807) is 43.3 Å². The summed E-state index contributed by atoms with van der Waals surface area (Å²) in [7, 11) is 3.34. The molecule has 2 rings (SSSR count). The van der Waals surface area contributed by atoms with Gasteiger partial charge in [0, 0.05) is 29.2 Å². The van der Waals surface area contributed by atoms with Gasteiger partial charge >= 0.3 is 0 Å². The lowest BCUT2D eigenvalue weighted by molar-refractivity contribution is -0.124. The molecule has 0 aliphatic heterocycles. The Balaban J connectivity index is 1.97. The predicted octanol–water partition coefficient (Wildman–Crippen LogP) is 2.94. The lowest BCUT2D eigenvalue weighted by Gasteiger charge is -2.25. The predicted molar refractivity (Wildman–Crippen MR) is 105 cm³/mol. The molecule has 2 aromatic rings. The molecule has 0 aliphatic carbocycles. The molecule has 1 atom stereocenters. The molecule has 0 fully saturated rings. The first kappa shape index (κ1) is 19.9. The SMILES string of the molecule is COc1cccc(NC(=O)CCN(C)C(C(N)=O)c2cccc(Br)c2)c1. The third kappa shape index (κ3) is 5.57. The van der Waals surface area contributed by atoms with Crippen LogP contribution in [-0.2, 0) is 9.59 Å². The molecule has 1 unspecified atom stereocenters. The minimum absolute atomic E-state index is 0.150. The summed E-state index contributed by atoms with van der Waals surface area (Å²) in [5.74, 6) is 0.0599. The number of carbonyl (C=O) groups is 2. The monoisotopic (exact) mass is 419 g/mol. The Morgan fingerprint density at radius 1 is 1.23 bits per heavy atom. The molecule has 6 nitrogen and oxygen atoms in total. The second-order valence-electron chi connectivity index (χ2n) is 5.87. The van der Waals surface area contributed by atoms with Crippen LogP contribution in [0.5, 0.6) is 5.75 Å². The molecule has 0 aliphatic rings. The van der Waals surface area contributed by atoms with Gasteiger partial charge in [-0.25, -0.2) is 0 Å². The number of primary amides is 1. The van der Waals surface area contributed by atoms with E-state index < -0.39 is 11.9 Å². The van der Waals surface area contributed by atoms with Gasteiger partial charge in [0.25, 0.3) is 0 Å². The summed E-state index contributed by atoms with van der Waals surface area (Å²) in [6, 6.07) is 14.0. The van der Waals surface area contributed by atoms with Crippen molar-refractivity contribution in [2.75, 3.05) is 26.0 Å². The van der Waals surface area contributed by atoms with Crippen LogP contribution >= 0.6 is 15.9 Å². The van der Waals surface area contributed by atoms with Crippen molar-refractivity contribution in [2.24, 2.45) is 5.73 Å². The standard InChI is InChI=1S/C19H22BrN3O3/c1-23(18(19(21)25)13-5-3-6-14(20)11-13)10-9-17(24)22-15-7-4-8-16(12-15)26-2/h3-8,11-12,18H,9-10H2,1-2H3,(H2,21,25)(H,22,24). The smallest absolute Gasteiger partial charge is 0.239 e. The number of carbonyl (C=O) groups excluding carboxylic acids is 2. The van der Waals surface area contributed by atoms with Crippen molar-refractivity contribution in [3.63, 3.8) is 0 Å². The van der Waals surface area contributed by atoms with Gasteiger partial charge in [0.15, 0.2) is 0 Å². The lowest BCUT2D eigenvalue weighted by atomic mass is 10.0. The Labute approximate surface area is 161 Å². The van der Waals surface area contributed by atoms with Gasteiger partial charge in [0.2, 0.25) is 11.8 Å². The third-order valence-corrected chi connectivity index (χ3v) is 4.41. The fourth-order valence-corrected chi connectivity index (χ4v) is 3.06. The molecule has 0 spiro atoms. The van der Waals surface area contributed by atoms with Gasteiger partial charge in [-0.15, -0.1) is 0 Å². The van der Waals surface area contributed by atoms with E-state index in [9.17, 15) is 9.59 Å². The molecule has 7 heteroatoms. The number of benzene rings is 2. The zero-order chi connectivity index (χ0) is 19.1. The van der Waals surface area contributed by atoms with Gasteiger partial charge in [-0.1, -0.05) is 34.1 Å². The van der Waals surface area contributed by atoms with Crippen molar-refractivity contribution in [3.8, 4) is 5.75 Å². The highest BCUT2D eigenvalue weighted by molar-refractivity contribution is 9.10. The number of hydrogen-bond donors (Lipinski definition) is 2. The van der Waals surface area contributed by atoms with Crippen LogP contribution in [0.25, 0.3) is 0 Å². The molecule has 0 heterocycles. The number of anilines is 1. The number of rotatable bonds is 8.